The quantitative estimate of drug-likeness (QED) is 0.455. The molecule has 2 amide bonds. The highest BCUT2D eigenvalue weighted by atomic mass is 35.5. The molecule has 0 aliphatic heterocycles. The number of nitrogens with one attached hydrogen (secondary N) is 1. The van der Waals surface area contributed by atoms with Crippen LogP contribution >= 0.6 is 35.0 Å². The van der Waals surface area contributed by atoms with E-state index in [0.29, 0.717) is 33.3 Å². The van der Waals surface area contributed by atoms with Gasteiger partial charge >= 0.3 is 0 Å². The van der Waals surface area contributed by atoms with Crippen molar-refractivity contribution in [3.63, 3.8) is 0 Å². The molecule has 0 aromatic heterocycles. The molecule has 174 valence electrons. The second kappa shape index (κ2) is 11.9. The molecule has 0 radical (unpaired) electrons. The van der Waals surface area contributed by atoms with Crippen LogP contribution in [0.5, 0.6) is 0 Å². The van der Waals surface area contributed by atoms with E-state index in [1.54, 1.807) is 41.3 Å². The van der Waals surface area contributed by atoms with Crippen LogP contribution in [0.2, 0.25) is 10.0 Å². The molecular formula is C24H29Cl2FN2O2S. The van der Waals surface area contributed by atoms with Gasteiger partial charge in [-0.15, -0.1) is 11.8 Å². The maximum atomic E-state index is 13.9. The van der Waals surface area contributed by atoms with Crippen LogP contribution in [-0.4, -0.2) is 34.0 Å². The molecule has 2 aromatic rings. The molecule has 1 N–H and O–H groups in total. The topological polar surface area (TPSA) is 49.4 Å². The molecule has 2 rings (SSSR count). The fraction of sp³-hybridized carbons (Fsp3) is 0.417. The monoisotopic (exact) mass is 498 g/mol. The number of benzene rings is 2. The zero-order valence-corrected chi connectivity index (χ0v) is 21.1. The van der Waals surface area contributed by atoms with Gasteiger partial charge in [0.25, 0.3) is 0 Å². The molecule has 0 saturated carbocycles. The van der Waals surface area contributed by atoms with Crippen molar-refractivity contribution in [3.8, 4) is 0 Å². The SMILES string of the molecule is CC[C@H](C(=O)NC(C)(C)C)N(Cc1ccc(Cl)cc1Cl)C(=O)CSCc1ccccc1F. The number of hydrogen-bond acceptors (Lipinski definition) is 3. The van der Waals surface area contributed by atoms with Gasteiger partial charge in [0.2, 0.25) is 11.8 Å². The summed E-state index contributed by atoms with van der Waals surface area (Å²) in [6.07, 6.45) is 0.441. The number of carbonyl (C=O) groups excluding carboxylic acids is 2. The summed E-state index contributed by atoms with van der Waals surface area (Å²) in [6.45, 7) is 7.71. The molecule has 0 unspecified atom stereocenters. The van der Waals surface area contributed by atoms with Crippen LogP contribution < -0.4 is 5.32 Å². The van der Waals surface area contributed by atoms with Gasteiger partial charge in [-0.25, -0.2) is 4.39 Å². The van der Waals surface area contributed by atoms with Crippen LogP contribution in [0.3, 0.4) is 0 Å². The van der Waals surface area contributed by atoms with Gasteiger partial charge in [0.1, 0.15) is 11.9 Å². The van der Waals surface area contributed by atoms with E-state index < -0.39 is 11.6 Å². The Morgan fingerprint density at radius 3 is 2.41 bits per heavy atom. The summed E-state index contributed by atoms with van der Waals surface area (Å²) in [5.41, 5.74) is 0.803. The first-order valence-corrected chi connectivity index (χ1v) is 12.3. The van der Waals surface area contributed by atoms with E-state index in [0.717, 1.165) is 0 Å². The minimum atomic E-state index is -0.664. The standard InChI is InChI=1S/C24H29Cl2FN2O2S/c1-5-21(23(31)28-24(2,3)4)29(13-16-10-11-18(25)12-19(16)26)22(30)15-32-14-17-8-6-7-9-20(17)27/h6-12,21H,5,13-15H2,1-4H3,(H,28,31)/t21-/m1/s1. The summed E-state index contributed by atoms with van der Waals surface area (Å²) in [6, 6.07) is 10.9. The first kappa shape index (κ1) is 26.5. The molecule has 0 fully saturated rings. The van der Waals surface area contributed by atoms with Crippen molar-refractivity contribution >= 4 is 46.8 Å². The Morgan fingerprint density at radius 1 is 1.12 bits per heavy atom. The predicted octanol–water partition coefficient (Wildman–Crippen LogP) is 6.09. The summed E-state index contributed by atoms with van der Waals surface area (Å²) in [7, 11) is 0. The summed E-state index contributed by atoms with van der Waals surface area (Å²) < 4.78 is 13.9. The summed E-state index contributed by atoms with van der Waals surface area (Å²) in [5.74, 6) is -0.267. The van der Waals surface area contributed by atoms with Gasteiger partial charge in [0.05, 0.1) is 5.75 Å². The van der Waals surface area contributed by atoms with E-state index in [4.69, 9.17) is 23.2 Å². The van der Waals surface area contributed by atoms with Crippen LogP contribution in [-0.2, 0) is 21.9 Å². The second-order valence-electron chi connectivity index (χ2n) is 8.50. The first-order valence-electron chi connectivity index (χ1n) is 10.4. The molecule has 0 aliphatic rings. The Labute approximate surface area is 203 Å². The number of thioether (sulfide) groups is 1. The van der Waals surface area contributed by atoms with Crippen LogP contribution in [0.1, 0.15) is 45.2 Å². The summed E-state index contributed by atoms with van der Waals surface area (Å²) in [5, 5.41) is 3.89. The minimum absolute atomic E-state index is 0.110. The smallest absolute Gasteiger partial charge is 0.243 e. The highest BCUT2D eigenvalue weighted by Gasteiger charge is 2.31. The number of hydrogen-bond donors (Lipinski definition) is 1. The molecule has 0 saturated heterocycles. The lowest BCUT2D eigenvalue weighted by atomic mass is 10.1. The van der Waals surface area contributed by atoms with Gasteiger partial charge in [-0.2, -0.15) is 0 Å². The van der Waals surface area contributed by atoms with E-state index in [1.165, 1.54) is 17.8 Å². The molecular weight excluding hydrogens is 470 g/mol. The van der Waals surface area contributed by atoms with Crippen LogP contribution in [0.15, 0.2) is 42.5 Å². The predicted molar refractivity (Wildman–Crippen MR) is 132 cm³/mol. The average Bonchev–Trinajstić information content (AvgIpc) is 2.69. The van der Waals surface area contributed by atoms with E-state index in [1.807, 2.05) is 27.7 Å². The number of rotatable bonds is 9. The molecule has 0 heterocycles. The van der Waals surface area contributed by atoms with Gasteiger partial charge in [-0.3, -0.25) is 9.59 Å². The number of nitrogens with zero attached hydrogens (tertiary/aromatic N) is 1. The Bertz CT molecular complexity index is 950. The van der Waals surface area contributed by atoms with Crippen molar-refractivity contribution in [3.05, 3.63) is 69.5 Å². The first-order chi connectivity index (χ1) is 15.0. The molecule has 4 nitrogen and oxygen atoms in total. The fourth-order valence-electron chi connectivity index (χ4n) is 3.15. The van der Waals surface area contributed by atoms with E-state index >= 15 is 0 Å². The lowest BCUT2D eigenvalue weighted by Crippen LogP contribution is -2.53. The van der Waals surface area contributed by atoms with Gasteiger partial charge in [-0.05, 0) is 56.5 Å². The third kappa shape index (κ3) is 7.98. The van der Waals surface area contributed by atoms with Gasteiger partial charge < -0.3 is 10.2 Å². The molecule has 1 atom stereocenters. The maximum Gasteiger partial charge on any atom is 0.243 e. The zero-order valence-electron chi connectivity index (χ0n) is 18.8. The molecule has 8 heteroatoms. The van der Waals surface area contributed by atoms with Gasteiger partial charge in [0.15, 0.2) is 0 Å². The molecule has 0 aliphatic carbocycles. The van der Waals surface area contributed by atoms with E-state index in [-0.39, 0.29) is 29.9 Å². The number of halogens is 3. The van der Waals surface area contributed by atoms with Crippen molar-refractivity contribution < 1.29 is 14.0 Å². The largest absolute Gasteiger partial charge is 0.350 e. The van der Waals surface area contributed by atoms with E-state index in [2.05, 4.69) is 5.32 Å². The Hall–Kier alpha value is -1.76. The number of amides is 2. The zero-order chi connectivity index (χ0) is 23.9. The molecule has 0 spiro atoms. The Kier molecular flexibility index (Phi) is 9.86. The lowest BCUT2D eigenvalue weighted by Gasteiger charge is -2.33. The lowest BCUT2D eigenvalue weighted by molar-refractivity contribution is -0.140. The number of carbonyl (C=O) groups is 2. The highest BCUT2D eigenvalue weighted by Crippen LogP contribution is 2.25. The molecule has 32 heavy (non-hydrogen) atoms. The molecule has 0 bridgehead atoms. The van der Waals surface area contributed by atoms with Crippen LogP contribution in [0, 0.1) is 5.82 Å². The maximum absolute atomic E-state index is 13.9. The van der Waals surface area contributed by atoms with Crippen molar-refractivity contribution in [2.45, 2.75) is 58.0 Å². The summed E-state index contributed by atoms with van der Waals surface area (Å²) in [4.78, 5) is 27.8. The third-order valence-electron chi connectivity index (χ3n) is 4.68. The normalized spacial score (nSPS) is 12.3. The second-order valence-corrected chi connectivity index (χ2v) is 10.3. The summed E-state index contributed by atoms with van der Waals surface area (Å²) >= 11 is 13.7. The van der Waals surface area contributed by atoms with Gasteiger partial charge in [0, 0.05) is 27.9 Å². The Morgan fingerprint density at radius 2 is 1.81 bits per heavy atom. The third-order valence-corrected chi connectivity index (χ3v) is 6.23. The minimum Gasteiger partial charge on any atom is -0.350 e. The highest BCUT2D eigenvalue weighted by molar-refractivity contribution is 7.99. The average molecular weight is 499 g/mol. The van der Waals surface area contributed by atoms with Crippen molar-refractivity contribution in [1.82, 2.24) is 10.2 Å². The Balaban J connectivity index is 2.22. The van der Waals surface area contributed by atoms with E-state index in [9.17, 15) is 14.0 Å². The van der Waals surface area contributed by atoms with Gasteiger partial charge in [-0.1, -0.05) is 54.4 Å². The molecule has 2 aromatic carbocycles. The van der Waals surface area contributed by atoms with Crippen molar-refractivity contribution in [2.24, 2.45) is 0 Å². The fourth-order valence-corrected chi connectivity index (χ4v) is 4.52. The van der Waals surface area contributed by atoms with Crippen molar-refractivity contribution in [2.75, 3.05) is 5.75 Å². The van der Waals surface area contributed by atoms with Crippen LogP contribution in [0.25, 0.3) is 0 Å². The van der Waals surface area contributed by atoms with Crippen molar-refractivity contribution in [1.29, 1.82) is 0 Å². The van der Waals surface area contributed by atoms with Crippen LogP contribution in [0.4, 0.5) is 4.39 Å².